The van der Waals surface area contributed by atoms with Gasteiger partial charge in [-0.3, -0.25) is 0 Å². The second kappa shape index (κ2) is 9.48. The van der Waals surface area contributed by atoms with Gasteiger partial charge in [-0.1, -0.05) is 70.6 Å². The summed E-state index contributed by atoms with van der Waals surface area (Å²) in [6.07, 6.45) is 5.95. The van der Waals surface area contributed by atoms with Crippen LogP contribution >= 0.6 is 15.9 Å². The Morgan fingerprint density at radius 2 is 1.71 bits per heavy atom. The number of pyridine rings is 1. The summed E-state index contributed by atoms with van der Waals surface area (Å²) in [6, 6.07) is 22.4. The van der Waals surface area contributed by atoms with Gasteiger partial charge < -0.3 is 4.98 Å². The van der Waals surface area contributed by atoms with E-state index in [1.165, 1.54) is 36.0 Å². The van der Waals surface area contributed by atoms with Crippen molar-refractivity contribution in [1.29, 1.82) is 0 Å². The van der Waals surface area contributed by atoms with Gasteiger partial charge in [0.2, 0.25) is 0 Å². The molecule has 1 unspecified atom stereocenters. The number of hydrogen-bond donors (Lipinski definition) is 0. The fourth-order valence-electron chi connectivity index (χ4n) is 4.62. The average molecular weight is 612 g/mol. The van der Waals surface area contributed by atoms with E-state index in [1.54, 1.807) is 0 Å². The zero-order chi connectivity index (χ0) is 18.8. The zero-order valence-electron chi connectivity index (χ0n) is 16.3. The molecule has 147 valence electrons. The molecule has 1 radical (unpaired) electrons. The van der Waals surface area contributed by atoms with Crippen LogP contribution in [0.2, 0.25) is 0 Å². The normalized spacial score (nSPS) is 21.8. The fourth-order valence-corrected chi connectivity index (χ4v) is 4.98. The number of benzene rings is 2. The first-order valence-electron chi connectivity index (χ1n) is 9.83. The quantitative estimate of drug-likeness (QED) is 0.280. The van der Waals surface area contributed by atoms with Crippen molar-refractivity contribution in [3.8, 4) is 22.4 Å². The van der Waals surface area contributed by atoms with Gasteiger partial charge in [0.1, 0.15) is 0 Å². The van der Waals surface area contributed by atoms with Gasteiger partial charge in [0, 0.05) is 26.3 Å². The molecule has 1 aromatic heterocycles. The smallest absolute Gasteiger partial charge is 0.0239 e. The molecule has 3 atom stereocenters. The van der Waals surface area contributed by atoms with Crippen LogP contribution in [0.4, 0.5) is 0 Å². The van der Waals surface area contributed by atoms with E-state index in [0.717, 1.165) is 27.6 Å². The Hall–Kier alpha value is -1.28. The maximum Gasteiger partial charge on any atom is 0.0239 e. The van der Waals surface area contributed by atoms with E-state index in [-0.39, 0.29) is 20.1 Å². The Morgan fingerprint density at radius 1 is 0.964 bits per heavy atom. The van der Waals surface area contributed by atoms with Crippen LogP contribution in [-0.2, 0) is 20.1 Å². The van der Waals surface area contributed by atoms with Crippen molar-refractivity contribution >= 4 is 15.9 Å². The molecule has 1 fully saturated rings. The van der Waals surface area contributed by atoms with Crippen LogP contribution in [0.5, 0.6) is 0 Å². The molecular weight excluding hydrogens is 586 g/mol. The molecule has 0 saturated heterocycles. The van der Waals surface area contributed by atoms with Gasteiger partial charge in [-0.15, -0.1) is 29.8 Å². The molecule has 1 aliphatic rings. The molecule has 4 rings (SSSR count). The largest absolute Gasteiger partial charge is 0.304 e. The predicted octanol–water partition coefficient (Wildman–Crippen LogP) is 7.52. The van der Waals surface area contributed by atoms with Crippen molar-refractivity contribution in [3.63, 3.8) is 0 Å². The van der Waals surface area contributed by atoms with Crippen LogP contribution in [0.1, 0.15) is 44.6 Å². The van der Waals surface area contributed by atoms with E-state index in [2.05, 4.69) is 78.3 Å². The maximum absolute atomic E-state index is 4.73. The van der Waals surface area contributed by atoms with Gasteiger partial charge in [0.05, 0.1) is 0 Å². The van der Waals surface area contributed by atoms with E-state index < -0.39 is 0 Å². The number of aromatic nitrogens is 1. The van der Waals surface area contributed by atoms with Crippen molar-refractivity contribution in [2.24, 2.45) is 11.8 Å². The topological polar surface area (TPSA) is 12.9 Å². The summed E-state index contributed by atoms with van der Waals surface area (Å²) in [5.74, 6) is 2.26. The van der Waals surface area contributed by atoms with Crippen LogP contribution < -0.4 is 0 Å². The molecule has 28 heavy (non-hydrogen) atoms. The van der Waals surface area contributed by atoms with Crippen molar-refractivity contribution in [2.75, 3.05) is 0 Å². The van der Waals surface area contributed by atoms with Crippen molar-refractivity contribution in [1.82, 2.24) is 4.98 Å². The summed E-state index contributed by atoms with van der Waals surface area (Å²) in [6.45, 7) is 4.80. The molecule has 1 heterocycles. The minimum Gasteiger partial charge on any atom is -0.304 e. The number of rotatable bonds is 3. The standard InChI is InChI=1S/C25H25BrN.Ir/c1-17-12-18(2)14-21(13-17)24-9-4-3-8-23(24)20-10-11-25(27-16-20)19-6-5-7-22(26)15-19;/h3-5,7-11,15-18,21H,12-14H2,1-2H3;/q-1;/t17-,18+,21?;. The molecule has 0 bridgehead atoms. The Kier molecular flexibility index (Phi) is 7.25. The molecule has 1 aliphatic carbocycles. The monoisotopic (exact) mass is 611 g/mol. The van der Waals surface area contributed by atoms with Crippen molar-refractivity contribution in [2.45, 2.75) is 39.0 Å². The second-order valence-electron chi connectivity index (χ2n) is 8.05. The Bertz CT molecular complexity index is 912. The molecule has 2 aromatic carbocycles. The van der Waals surface area contributed by atoms with E-state index in [0.29, 0.717) is 5.92 Å². The summed E-state index contributed by atoms with van der Waals surface area (Å²) in [5.41, 5.74) is 5.99. The average Bonchev–Trinajstić information content (AvgIpc) is 2.67. The van der Waals surface area contributed by atoms with Crippen LogP contribution in [0.15, 0.2) is 65.3 Å². The molecule has 1 saturated carbocycles. The van der Waals surface area contributed by atoms with E-state index in [1.807, 2.05) is 18.3 Å². The third-order valence-corrected chi connectivity index (χ3v) is 6.19. The third-order valence-electron chi connectivity index (χ3n) is 5.69. The van der Waals surface area contributed by atoms with Crippen LogP contribution in [0.25, 0.3) is 22.4 Å². The molecule has 0 aliphatic heterocycles. The first kappa shape index (κ1) is 21.4. The van der Waals surface area contributed by atoms with Gasteiger partial charge in [-0.25, -0.2) is 0 Å². The minimum atomic E-state index is 0. The SMILES string of the molecule is C[C@@H]1CC(c2ccccc2-c2ccc(-c3[c-]ccc(Br)c3)nc2)C[C@H](C)C1.[Ir]. The molecule has 0 amide bonds. The zero-order valence-corrected chi connectivity index (χ0v) is 20.3. The third kappa shape index (κ3) is 4.82. The summed E-state index contributed by atoms with van der Waals surface area (Å²) in [5, 5.41) is 0. The Labute approximate surface area is 190 Å². The van der Waals surface area contributed by atoms with E-state index in [9.17, 15) is 0 Å². The number of nitrogens with zero attached hydrogens (tertiary/aromatic N) is 1. The number of hydrogen-bond acceptors (Lipinski definition) is 1. The van der Waals surface area contributed by atoms with Gasteiger partial charge in [-0.2, -0.15) is 0 Å². The first-order chi connectivity index (χ1) is 13.1. The second-order valence-corrected chi connectivity index (χ2v) is 8.97. The number of halogens is 1. The van der Waals surface area contributed by atoms with Crippen molar-refractivity contribution in [3.05, 3.63) is 76.9 Å². The van der Waals surface area contributed by atoms with Gasteiger partial charge >= 0.3 is 0 Å². The summed E-state index contributed by atoms with van der Waals surface area (Å²) in [7, 11) is 0. The predicted molar refractivity (Wildman–Crippen MR) is 117 cm³/mol. The van der Waals surface area contributed by atoms with Crippen molar-refractivity contribution < 1.29 is 20.1 Å². The van der Waals surface area contributed by atoms with Gasteiger partial charge in [0.25, 0.3) is 0 Å². The molecule has 1 nitrogen and oxygen atoms in total. The fraction of sp³-hybridized carbons (Fsp3) is 0.320. The molecule has 0 spiro atoms. The molecule has 0 N–H and O–H groups in total. The molecular formula is C25H25BrIrN-. The van der Waals surface area contributed by atoms with E-state index in [4.69, 9.17) is 4.98 Å². The first-order valence-corrected chi connectivity index (χ1v) is 10.6. The Balaban J connectivity index is 0.00000225. The maximum atomic E-state index is 4.73. The van der Waals surface area contributed by atoms with Crippen LogP contribution in [0, 0.1) is 17.9 Å². The molecule has 3 aromatic rings. The molecule has 3 heteroatoms. The summed E-state index contributed by atoms with van der Waals surface area (Å²) < 4.78 is 1.05. The Morgan fingerprint density at radius 3 is 2.39 bits per heavy atom. The van der Waals surface area contributed by atoms with Crippen LogP contribution in [-0.4, -0.2) is 4.98 Å². The summed E-state index contributed by atoms with van der Waals surface area (Å²) in [4.78, 5) is 4.73. The van der Waals surface area contributed by atoms with E-state index >= 15 is 0 Å². The minimum absolute atomic E-state index is 0. The van der Waals surface area contributed by atoms with Gasteiger partial charge in [-0.05, 0) is 59.4 Å². The van der Waals surface area contributed by atoms with Crippen LogP contribution in [0.3, 0.4) is 0 Å². The summed E-state index contributed by atoms with van der Waals surface area (Å²) >= 11 is 3.53. The van der Waals surface area contributed by atoms with Gasteiger partial charge in [0.15, 0.2) is 0 Å².